The number of amides is 1. The first-order valence-corrected chi connectivity index (χ1v) is 4.54. The van der Waals surface area contributed by atoms with Crippen molar-refractivity contribution in [2.24, 2.45) is 5.92 Å². The molecule has 1 atom stereocenters. The molecule has 0 heterocycles. The molecule has 0 saturated heterocycles. The minimum absolute atomic E-state index is 0.139. The third-order valence-corrected chi connectivity index (χ3v) is 1.80. The molecule has 0 unspecified atom stereocenters. The molecule has 0 aromatic rings. The number of hydrogen-bond donors (Lipinski definition) is 1. The van der Waals surface area contributed by atoms with Crippen LogP contribution in [0.1, 0.15) is 20.3 Å². The minimum atomic E-state index is 0.139. The van der Waals surface area contributed by atoms with Crippen molar-refractivity contribution in [1.29, 1.82) is 0 Å². The molecule has 0 aliphatic rings. The van der Waals surface area contributed by atoms with E-state index < -0.39 is 0 Å². The van der Waals surface area contributed by atoms with E-state index in [1.54, 1.807) is 0 Å². The highest BCUT2D eigenvalue weighted by Crippen LogP contribution is 2.03. The second kappa shape index (κ2) is 6.00. The van der Waals surface area contributed by atoms with Gasteiger partial charge in [-0.05, 0) is 27.4 Å². The first-order valence-electron chi connectivity index (χ1n) is 4.54. The predicted octanol–water partition coefficient (Wildman–Crippen LogP) is 0.710. The third kappa shape index (κ3) is 4.34. The van der Waals surface area contributed by atoms with Crippen molar-refractivity contribution >= 4 is 5.91 Å². The average molecular weight is 172 g/mol. The van der Waals surface area contributed by atoms with Crippen molar-refractivity contribution < 1.29 is 4.79 Å². The van der Waals surface area contributed by atoms with Gasteiger partial charge in [0.25, 0.3) is 0 Å². The number of nitrogens with one attached hydrogen (secondary N) is 1. The number of carbonyl (C=O) groups excluding carboxylic acids is 1. The topological polar surface area (TPSA) is 32.3 Å². The van der Waals surface area contributed by atoms with E-state index in [1.165, 1.54) is 0 Å². The summed E-state index contributed by atoms with van der Waals surface area (Å²) in [6, 6.07) is 0. The molecule has 0 aliphatic heterocycles. The van der Waals surface area contributed by atoms with E-state index in [4.69, 9.17) is 0 Å². The van der Waals surface area contributed by atoms with Crippen molar-refractivity contribution in [1.82, 2.24) is 10.2 Å². The van der Waals surface area contributed by atoms with Gasteiger partial charge >= 0.3 is 0 Å². The Balaban J connectivity index is 3.87. The van der Waals surface area contributed by atoms with Crippen molar-refractivity contribution in [3.05, 3.63) is 0 Å². The normalized spacial score (nSPS) is 13.1. The van der Waals surface area contributed by atoms with Gasteiger partial charge in [-0.1, -0.05) is 6.92 Å². The Hall–Kier alpha value is -0.570. The van der Waals surface area contributed by atoms with Gasteiger partial charge in [0, 0.05) is 13.1 Å². The van der Waals surface area contributed by atoms with E-state index >= 15 is 0 Å². The summed E-state index contributed by atoms with van der Waals surface area (Å²) in [5, 5.41) is 2.84. The minimum Gasteiger partial charge on any atom is -0.356 e. The SMILES string of the molecule is CCNC(=O)[C@@H](CC)CN(C)C. The van der Waals surface area contributed by atoms with E-state index in [2.05, 4.69) is 5.32 Å². The lowest BCUT2D eigenvalue weighted by atomic mass is 10.1. The highest BCUT2D eigenvalue weighted by atomic mass is 16.1. The summed E-state index contributed by atoms with van der Waals surface area (Å²) in [4.78, 5) is 13.4. The van der Waals surface area contributed by atoms with Crippen LogP contribution in [0.25, 0.3) is 0 Å². The molecule has 0 aliphatic carbocycles. The molecule has 0 rings (SSSR count). The Labute approximate surface area is 75.1 Å². The molecule has 1 N–H and O–H groups in total. The smallest absolute Gasteiger partial charge is 0.224 e. The summed E-state index contributed by atoms with van der Waals surface area (Å²) < 4.78 is 0. The molecule has 3 nitrogen and oxygen atoms in total. The molecule has 0 fully saturated rings. The first-order chi connectivity index (χ1) is 5.61. The molecular weight excluding hydrogens is 152 g/mol. The summed E-state index contributed by atoms with van der Waals surface area (Å²) in [5.74, 6) is 0.314. The van der Waals surface area contributed by atoms with Crippen LogP contribution in [-0.4, -0.2) is 38.0 Å². The molecule has 0 radical (unpaired) electrons. The Kier molecular flexibility index (Phi) is 5.72. The summed E-state index contributed by atoms with van der Waals surface area (Å²) >= 11 is 0. The monoisotopic (exact) mass is 172 g/mol. The molecule has 3 heteroatoms. The van der Waals surface area contributed by atoms with Gasteiger partial charge in [0.15, 0.2) is 0 Å². The van der Waals surface area contributed by atoms with Crippen LogP contribution in [-0.2, 0) is 4.79 Å². The Morgan fingerprint density at radius 2 is 2.00 bits per heavy atom. The standard InChI is InChI=1S/C9H20N2O/c1-5-8(7-11(3)4)9(12)10-6-2/h8H,5-7H2,1-4H3,(H,10,12)/t8-/m0/s1. The summed E-state index contributed by atoms with van der Waals surface area (Å²) in [7, 11) is 3.98. The predicted molar refractivity (Wildman–Crippen MR) is 51.0 cm³/mol. The zero-order valence-electron chi connectivity index (χ0n) is 8.55. The van der Waals surface area contributed by atoms with Gasteiger partial charge in [0.05, 0.1) is 5.92 Å². The molecule has 0 saturated carbocycles. The number of rotatable bonds is 5. The number of hydrogen-bond acceptors (Lipinski definition) is 2. The van der Waals surface area contributed by atoms with Gasteiger partial charge < -0.3 is 10.2 Å². The molecule has 72 valence electrons. The number of carbonyl (C=O) groups is 1. The zero-order chi connectivity index (χ0) is 9.56. The summed E-state index contributed by atoms with van der Waals surface area (Å²) in [6.07, 6.45) is 0.907. The van der Waals surface area contributed by atoms with Crippen molar-refractivity contribution in [2.45, 2.75) is 20.3 Å². The Morgan fingerprint density at radius 1 is 1.42 bits per heavy atom. The lowest BCUT2D eigenvalue weighted by Crippen LogP contribution is -2.36. The van der Waals surface area contributed by atoms with Crippen molar-refractivity contribution in [3.8, 4) is 0 Å². The quantitative estimate of drug-likeness (QED) is 0.662. The van der Waals surface area contributed by atoms with Crippen LogP contribution in [0.3, 0.4) is 0 Å². The second-order valence-corrected chi connectivity index (χ2v) is 3.26. The van der Waals surface area contributed by atoms with Gasteiger partial charge in [-0.3, -0.25) is 4.79 Å². The van der Waals surface area contributed by atoms with E-state index in [-0.39, 0.29) is 11.8 Å². The highest BCUT2D eigenvalue weighted by Gasteiger charge is 2.15. The molecule has 0 aromatic heterocycles. The van der Waals surface area contributed by atoms with Crippen LogP contribution in [0, 0.1) is 5.92 Å². The van der Waals surface area contributed by atoms with Crippen LogP contribution in [0.4, 0.5) is 0 Å². The molecule has 0 aromatic carbocycles. The van der Waals surface area contributed by atoms with Gasteiger partial charge in [-0.15, -0.1) is 0 Å². The van der Waals surface area contributed by atoms with Crippen LogP contribution >= 0.6 is 0 Å². The van der Waals surface area contributed by atoms with Gasteiger partial charge in [0.1, 0.15) is 0 Å². The van der Waals surface area contributed by atoms with Gasteiger partial charge in [0.2, 0.25) is 5.91 Å². The van der Waals surface area contributed by atoms with Crippen LogP contribution in [0.5, 0.6) is 0 Å². The van der Waals surface area contributed by atoms with Gasteiger partial charge in [-0.25, -0.2) is 0 Å². The molecule has 12 heavy (non-hydrogen) atoms. The van der Waals surface area contributed by atoms with Gasteiger partial charge in [-0.2, -0.15) is 0 Å². The molecular formula is C9H20N2O. The van der Waals surface area contributed by atoms with Crippen LogP contribution in [0.2, 0.25) is 0 Å². The second-order valence-electron chi connectivity index (χ2n) is 3.26. The average Bonchev–Trinajstić information content (AvgIpc) is 2.00. The van der Waals surface area contributed by atoms with Crippen molar-refractivity contribution in [2.75, 3.05) is 27.2 Å². The summed E-state index contributed by atoms with van der Waals surface area (Å²) in [5.41, 5.74) is 0. The maximum atomic E-state index is 11.4. The van der Waals surface area contributed by atoms with Crippen molar-refractivity contribution in [3.63, 3.8) is 0 Å². The van der Waals surface area contributed by atoms with E-state index in [0.29, 0.717) is 0 Å². The van der Waals surface area contributed by atoms with E-state index in [1.807, 2.05) is 32.8 Å². The fraction of sp³-hybridized carbons (Fsp3) is 0.889. The van der Waals surface area contributed by atoms with Crippen LogP contribution < -0.4 is 5.32 Å². The maximum Gasteiger partial charge on any atom is 0.224 e. The number of nitrogens with zero attached hydrogens (tertiary/aromatic N) is 1. The largest absolute Gasteiger partial charge is 0.356 e. The van der Waals surface area contributed by atoms with E-state index in [0.717, 1.165) is 19.5 Å². The Morgan fingerprint density at radius 3 is 2.33 bits per heavy atom. The lowest BCUT2D eigenvalue weighted by Gasteiger charge is -2.18. The maximum absolute atomic E-state index is 11.4. The molecule has 0 spiro atoms. The fourth-order valence-corrected chi connectivity index (χ4v) is 1.16. The van der Waals surface area contributed by atoms with E-state index in [9.17, 15) is 4.79 Å². The molecule has 1 amide bonds. The zero-order valence-corrected chi connectivity index (χ0v) is 8.55. The van der Waals surface area contributed by atoms with Crippen LogP contribution in [0.15, 0.2) is 0 Å². The molecule has 0 bridgehead atoms. The Bertz CT molecular complexity index is 134. The third-order valence-electron chi connectivity index (χ3n) is 1.80. The summed E-state index contributed by atoms with van der Waals surface area (Å²) in [6.45, 7) is 5.55. The highest BCUT2D eigenvalue weighted by molar-refractivity contribution is 5.78. The fourth-order valence-electron chi connectivity index (χ4n) is 1.16. The lowest BCUT2D eigenvalue weighted by molar-refractivity contribution is -0.125. The first kappa shape index (κ1) is 11.4.